The van der Waals surface area contributed by atoms with Crippen molar-refractivity contribution in [2.24, 2.45) is 0 Å². The predicted molar refractivity (Wildman–Crippen MR) is 38.1 cm³/mol. The van der Waals surface area contributed by atoms with E-state index in [4.69, 9.17) is 0 Å². The van der Waals surface area contributed by atoms with Crippen LogP contribution in [0.2, 0.25) is 0 Å². The molecule has 0 aromatic carbocycles. The molecule has 0 aliphatic carbocycles. The van der Waals surface area contributed by atoms with Crippen molar-refractivity contribution in [2.75, 3.05) is 0 Å². The van der Waals surface area contributed by atoms with E-state index in [0.29, 0.717) is 5.82 Å². The van der Waals surface area contributed by atoms with E-state index in [1.54, 1.807) is 6.92 Å². The van der Waals surface area contributed by atoms with E-state index >= 15 is 0 Å². The van der Waals surface area contributed by atoms with Crippen LogP contribution in [0.5, 0.6) is 0 Å². The minimum absolute atomic E-state index is 0.0369. The fraction of sp³-hybridized carbons (Fsp3) is 0.714. The summed E-state index contributed by atoms with van der Waals surface area (Å²) in [7, 11) is 0. The molecule has 0 radical (unpaired) electrons. The number of aryl methyl sites for hydroxylation is 1. The monoisotopic (exact) mass is 194 g/mol. The van der Waals surface area contributed by atoms with Crippen molar-refractivity contribution in [1.82, 2.24) is 10.1 Å². The molecule has 0 amide bonds. The second kappa shape index (κ2) is 3.35. The van der Waals surface area contributed by atoms with E-state index in [1.165, 1.54) is 6.92 Å². The Morgan fingerprint density at radius 3 is 2.46 bits per heavy atom. The average Bonchev–Trinajstić information content (AvgIpc) is 2.31. The van der Waals surface area contributed by atoms with Crippen molar-refractivity contribution in [3.05, 3.63) is 11.7 Å². The van der Waals surface area contributed by atoms with Gasteiger partial charge in [0.1, 0.15) is 0 Å². The van der Waals surface area contributed by atoms with E-state index in [9.17, 15) is 13.2 Å². The second-order valence-corrected chi connectivity index (χ2v) is 2.90. The van der Waals surface area contributed by atoms with Gasteiger partial charge in [-0.05, 0) is 6.92 Å². The Morgan fingerprint density at radius 1 is 1.46 bits per heavy atom. The first-order chi connectivity index (χ1) is 5.88. The van der Waals surface area contributed by atoms with Crippen LogP contribution in [0.15, 0.2) is 4.52 Å². The highest BCUT2D eigenvalue weighted by Gasteiger charge is 2.32. The summed E-state index contributed by atoms with van der Waals surface area (Å²) < 4.78 is 40.3. The van der Waals surface area contributed by atoms with Crippen LogP contribution in [0.1, 0.15) is 31.0 Å². The molecule has 0 bridgehead atoms. The minimum Gasteiger partial charge on any atom is -0.339 e. The molecule has 0 fully saturated rings. The summed E-state index contributed by atoms with van der Waals surface area (Å²) in [5, 5.41) is 3.41. The first-order valence-electron chi connectivity index (χ1n) is 3.75. The molecule has 0 spiro atoms. The van der Waals surface area contributed by atoms with Crippen molar-refractivity contribution < 1.29 is 17.7 Å². The van der Waals surface area contributed by atoms with Gasteiger partial charge in [0.2, 0.25) is 5.89 Å². The summed E-state index contributed by atoms with van der Waals surface area (Å²) in [5.74, 6) is -0.389. The van der Waals surface area contributed by atoms with Crippen molar-refractivity contribution in [2.45, 2.75) is 32.4 Å². The number of aromatic nitrogens is 2. The molecule has 0 aliphatic rings. The van der Waals surface area contributed by atoms with E-state index < -0.39 is 18.5 Å². The van der Waals surface area contributed by atoms with Crippen molar-refractivity contribution >= 4 is 0 Å². The predicted octanol–water partition coefficient (Wildman–Crippen LogP) is 2.43. The van der Waals surface area contributed by atoms with Crippen molar-refractivity contribution in [3.63, 3.8) is 0 Å². The fourth-order valence-electron chi connectivity index (χ4n) is 0.948. The lowest BCUT2D eigenvalue weighted by molar-refractivity contribution is -0.139. The maximum absolute atomic E-state index is 11.9. The van der Waals surface area contributed by atoms with Gasteiger partial charge < -0.3 is 4.52 Å². The molecule has 74 valence electrons. The summed E-state index contributed by atoms with van der Waals surface area (Å²) in [4.78, 5) is 3.72. The zero-order valence-electron chi connectivity index (χ0n) is 7.22. The van der Waals surface area contributed by atoms with Gasteiger partial charge in [-0.2, -0.15) is 18.2 Å². The summed E-state index contributed by atoms with van der Waals surface area (Å²) in [6, 6.07) is 0. The Labute approximate surface area is 72.9 Å². The molecule has 1 atom stereocenters. The van der Waals surface area contributed by atoms with Crippen LogP contribution >= 0.6 is 0 Å². The summed E-state index contributed by atoms with van der Waals surface area (Å²) in [6.45, 7) is 2.97. The number of nitrogens with zero attached hydrogens (tertiary/aromatic N) is 2. The quantitative estimate of drug-likeness (QED) is 0.725. The van der Waals surface area contributed by atoms with E-state index in [-0.39, 0.29) is 5.89 Å². The first kappa shape index (κ1) is 10.0. The number of halogens is 3. The van der Waals surface area contributed by atoms with Gasteiger partial charge in [-0.25, -0.2) is 0 Å². The Kier molecular flexibility index (Phi) is 2.58. The molecule has 3 nitrogen and oxygen atoms in total. The van der Waals surface area contributed by atoms with Gasteiger partial charge in [-0.15, -0.1) is 0 Å². The third-order valence-corrected chi connectivity index (χ3v) is 1.50. The maximum Gasteiger partial charge on any atom is 0.389 e. The lowest BCUT2D eigenvalue weighted by atomic mass is 10.1. The van der Waals surface area contributed by atoms with Crippen LogP contribution in [-0.2, 0) is 0 Å². The smallest absolute Gasteiger partial charge is 0.339 e. The molecule has 13 heavy (non-hydrogen) atoms. The topological polar surface area (TPSA) is 38.9 Å². The van der Waals surface area contributed by atoms with Crippen molar-refractivity contribution in [1.29, 1.82) is 0 Å². The highest BCUT2D eigenvalue weighted by Crippen LogP contribution is 2.29. The van der Waals surface area contributed by atoms with Crippen molar-refractivity contribution in [3.8, 4) is 0 Å². The third-order valence-electron chi connectivity index (χ3n) is 1.50. The van der Waals surface area contributed by atoms with E-state index in [0.717, 1.165) is 0 Å². The largest absolute Gasteiger partial charge is 0.389 e. The molecule has 1 aromatic heterocycles. The van der Waals surface area contributed by atoms with Gasteiger partial charge in [-0.3, -0.25) is 0 Å². The van der Waals surface area contributed by atoms with Gasteiger partial charge in [-0.1, -0.05) is 12.1 Å². The van der Waals surface area contributed by atoms with Crippen LogP contribution < -0.4 is 0 Å². The number of rotatable bonds is 2. The molecule has 0 N–H and O–H groups in total. The molecule has 1 aromatic rings. The van der Waals surface area contributed by atoms with Gasteiger partial charge in [0.05, 0.1) is 6.42 Å². The Hall–Kier alpha value is -1.07. The normalized spacial score (nSPS) is 14.5. The molecule has 0 aliphatic heterocycles. The molecule has 0 saturated heterocycles. The Bertz CT molecular complexity index is 282. The van der Waals surface area contributed by atoms with E-state index in [1.807, 2.05) is 0 Å². The zero-order chi connectivity index (χ0) is 10.1. The van der Waals surface area contributed by atoms with E-state index in [2.05, 4.69) is 14.7 Å². The Balaban J connectivity index is 2.64. The molecule has 1 unspecified atom stereocenters. The van der Waals surface area contributed by atoms with Crippen LogP contribution in [0.4, 0.5) is 13.2 Å². The van der Waals surface area contributed by atoms with Crippen LogP contribution in [-0.4, -0.2) is 16.3 Å². The highest BCUT2D eigenvalue weighted by molar-refractivity contribution is 4.91. The van der Waals surface area contributed by atoms with Crippen LogP contribution in [0.3, 0.4) is 0 Å². The SMILES string of the molecule is Cc1noc(C(C)CC(F)(F)F)n1. The summed E-state index contributed by atoms with van der Waals surface area (Å²) >= 11 is 0. The highest BCUT2D eigenvalue weighted by atomic mass is 19.4. The molecule has 1 heterocycles. The third kappa shape index (κ3) is 3.04. The fourth-order valence-corrected chi connectivity index (χ4v) is 0.948. The second-order valence-electron chi connectivity index (χ2n) is 2.90. The lowest BCUT2D eigenvalue weighted by Gasteiger charge is -2.09. The molecular formula is C7H9F3N2O. The summed E-state index contributed by atoms with van der Waals surface area (Å²) in [6.07, 6.45) is -5.13. The first-order valence-corrected chi connectivity index (χ1v) is 3.75. The van der Waals surface area contributed by atoms with Gasteiger partial charge in [0.15, 0.2) is 5.82 Å². The molecule has 1 rings (SSSR count). The van der Waals surface area contributed by atoms with Gasteiger partial charge in [0, 0.05) is 5.92 Å². The minimum atomic E-state index is -4.19. The molecule has 0 saturated carbocycles. The number of hydrogen-bond acceptors (Lipinski definition) is 3. The average molecular weight is 194 g/mol. The molecular weight excluding hydrogens is 185 g/mol. The van der Waals surface area contributed by atoms with Gasteiger partial charge >= 0.3 is 6.18 Å². The molecule has 6 heteroatoms. The number of hydrogen-bond donors (Lipinski definition) is 0. The van der Waals surface area contributed by atoms with Crippen LogP contribution in [0, 0.1) is 6.92 Å². The van der Waals surface area contributed by atoms with Gasteiger partial charge in [0.25, 0.3) is 0 Å². The zero-order valence-corrected chi connectivity index (χ0v) is 7.22. The summed E-state index contributed by atoms with van der Waals surface area (Å²) in [5.41, 5.74) is 0. The Morgan fingerprint density at radius 2 is 2.08 bits per heavy atom. The number of alkyl halides is 3. The lowest BCUT2D eigenvalue weighted by Crippen LogP contribution is -2.12. The standard InChI is InChI=1S/C7H9F3N2O/c1-4(3-7(8,9)10)6-11-5(2)12-13-6/h4H,3H2,1-2H3. The maximum atomic E-state index is 11.9. The van der Waals surface area contributed by atoms with Crippen LogP contribution in [0.25, 0.3) is 0 Å².